The molecule has 39 heavy (non-hydrogen) atoms. The lowest BCUT2D eigenvalue weighted by atomic mass is 9.72. The van der Waals surface area contributed by atoms with Crippen molar-refractivity contribution in [2.45, 2.75) is 44.6 Å². The molecule has 3 aromatic rings. The molecule has 2 aromatic carbocycles. The predicted molar refractivity (Wildman–Crippen MR) is 148 cm³/mol. The molecule has 2 amide bonds. The van der Waals surface area contributed by atoms with Crippen LogP contribution in [0, 0.1) is 11.7 Å². The summed E-state index contributed by atoms with van der Waals surface area (Å²) >= 11 is 0. The standard InChI is InChI=1S/C31H36FN3O4/c1-3-22-8-4-9-24(20-22)28-26(11-5-12-27(28)32)31(38,15-7-16-34-30(37)39-2)25-10-6-19-35(21-25)29(36)23-13-17-33-18-14-23/h4-5,8-9,11-14,17-18,20,25,38H,3,6-7,10,15-16,19,21H2,1-2H3,(H,34,37)/t25-,31+/m1/s1. The van der Waals surface area contributed by atoms with Crippen molar-refractivity contribution in [1.29, 1.82) is 0 Å². The summed E-state index contributed by atoms with van der Waals surface area (Å²) in [6.07, 6.45) is 5.51. The Labute approximate surface area is 229 Å². The number of aryl methyl sites for hydroxylation is 1. The molecule has 0 spiro atoms. The van der Waals surface area contributed by atoms with Gasteiger partial charge < -0.3 is 20.1 Å². The highest BCUT2D eigenvalue weighted by Gasteiger charge is 2.43. The summed E-state index contributed by atoms with van der Waals surface area (Å²) in [5.41, 5.74) is 1.73. The first-order chi connectivity index (χ1) is 18.9. The minimum atomic E-state index is -1.45. The normalized spacial score (nSPS) is 16.8. The zero-order valence-electron chi connectivity index (χ0n) is 22.5. The van der Waals surface area contributed by atoms with Crippen LogP contribution in [-0.2, 0) is 16.8 Å². The van der Waals surface area contributed by atoms with Crippen LogP contribution in [0.25, 0.3) is 11.1 Å². The lowest BCUT2D eigenvalue weighted by Crippen LogP contribution is -2.48. The van der Waals surface area contributed by atoms with Crippen LogP contribution in [0.15, 0.2) is 67.0 Å². The van der Waals surface area contributed by atoms with Gasteiger partial charge in [-0.1, -0.05) is 43.3 Å². The summed E-state index contributed by atoms with van der Waals surface area (Å²) in [6, 6.07) is 15.9. The molecule has 2 atom stereocenters. The van der Waals surface area contributed by atoms with E-state index in [0.29, 0.717) is 54.6 Å². The molecule has 206 valence electrons. The molecule has 0 aliphatic carbocycles. The van der Waals surface area contributed by atoms with Gasteiger partial charge in [-0.3, -0.25) is 9.78 Å². The first kappa shape index (κ1) is 28.2. The molecule has 0 radical (unpaired) electrons. The molecule has 1 aliphatic heterocycles. The Balaban J connectivity index is 1.72. The molecule has 7 nitrogen and oxygen atoms in total. The minimum Gasteiger partial charge on any atom is -0.453 e. The molecule has 1 aromatic heterocycles. The lowest BCUT2D eigenvalue weighted by Gasteiger charge is -2.43. The molecule has 0 unspecified atom stereocenters. The molecule has 1 fully saturated rings. The lowest BCUT2D eigenvalue weighted by molar-refractivity contribution is -0.0564. The Morgan fingerprint density at radius 3 is 2.69 bits per heavy atom. The van der Waals surface area contributed by atoms with Crippen molar-refractivity contribution in [2.75, 3.05) is 26.7 Å². The molecule has 2 heterocycles. The van der Waals surface area contributed by atoms with Crippen LogP contribution in [0.2, 0.25) is 0 Å². The molecule has 4 rings (SSSR count). The number of aromatic nitrogens is 1. The Kier molecular flexibility index (Phi) is 9.30. The number of pyridine rings is 1. The van der Waals surface area contributed by atoms with Gasteiger partial charge in [0.05, 0.1) is 12.7 Å². The quantitative estimate of drug-likeness (QED) is 0.363. The van der Waals surface area contributed by atoms with E-state index in [1.165, 1.54) is 13.2 Å². The van der Waals surface area contributed by atoms with E-state index in [9.17, 15) is 14.7 Å². The Bertz CT molecular complexity index is 1290. The third kappa shape index (κ3) is 6.45. The molecular formula is C31H36FN3O4. The summed E-state index contributed by atoms with van der Waals surface area (Å²) in [6.45, 7) is 3.24. The number of amides is 2. The van der Waals surface area contributed by atoms with Crippen molar-refractivity contribution in [2.24, 2.45) is 5.92 Å². The second kappa shape index (κ2) is 12.8. The number of carbonyl (C=O) groups is 2. The Morgan fingerprint density at radius 1 is 1.18 bits per heavy atom. The number of nitrogens with zero attached hydrogens (tertiary/aromatic N) is 2. The van der Waals surface area contributed by atoms with Gasteiger partial charge in [-0.2, -0.15) is 0 Å². The molecule has 1 saturated heterocycles. The number of hydrogen-bond acceptors (Lipinski definition) is 5. The molecular weight excluding hydrogens is 497 g/mol. The maximum atomic E-state index is 15.6. The highest BCUT2D eigenvalue weighted by Crippen LogP contribution is 2.44. The monoisotopic (exact) mass is 533 g/mol. The van der Waals surface area contributed by atoms with Crippen LogP contribution < -0.4 is 5.32 Å². The van der Waals surface area contributed by atoms with Crippen LogP contribution in [-0.4, -0.2) is 53.7 Å². The fourth-order valence-corrected chi connectivity index (χ4v) is 5.53. The third-order valence-electron chi connectivity index (χ3n) is 7.60. The highest BCUT2D eigenvalue weighted by molar-refractivity contribution is 5.94. The van der Waals surface area contributed by atoms with E-state index in [-0.39, 0.29) is 24.8 Å². The topological polar surface area (TPSA) is 91.8 Å². The van der Waals surface area contributed by atoms with Gasteiger partial charge in [-0.25, -0.2) is 9.18 Å². The summed E-state index contributed by atoms with van der Waals surface area (Å²) < 4.78 is 20.2. The predicted octanol–water partition coefficient (Wildman–Crippen LogP) is 5.33. The van der Waals surface area contributed by atoms with Gasteiger partial charge in [-0.05, 0) is 67.0 Å². The number of carbonyl (C=O) groups excluding carboxylic acids is 2. The fourth-order valence-electron chi connectivity index (χ4n) is 5.53. The number of piperidine rings is 1. The maximum Gasteiger partial charge on any atom is 0.406 e. The minimum absolute atomic E-state index is 0.119. The summed E-state index contributed by atoms with van der Waals surface area (Å²) in [5, 5.41) is 15.2. The van der Waals surface area contributed by atoms with Crippen LogP contribution in [0.5, 0.6) is 0 Å². The summed E-state index contributed by atoms with van der Waals surface area (Å²) in [4.78, 5) is 30.7. The molecule has 8 heteroatoms. The second-order valence-corrected chi connectivity index (χ2v) is 9.99. The largest absolute Gasteiger partial charge is 0.453 e. The van der Waals surface area contributed by atoms with E-state index in [2.05, 4.69) is 15.0 Å². The van der Waals surface area contributed by atoms with Crippen molar-refractivity contribution < 1.29 is 23.8 Å². The number of rotatable bonds is 9. The van der Waals surface area contributed by atoms with E-state index < -0.39 is 17.5 Å². The maximum absolute atomic E-state index is 15.6. The number of halogens is 1. The van der Waals surface area contributed by atoms with Gasteiger partial charge in [0.2, 0.25) is 0 Å². The van der Waals surface area contributed by atoms with Crippen molar-refractivity contribution in [3.05, 3.63) is 89.5 Å². The van der Waals surface area contributed by atoms with Crippen molar-refractivity contribution in [3.8, 4) is 11.1 Å². The van der Waals surface area contributed by atoms with Gasteiger partial charge in [0.15, 0.2) is 0 Å². The van der Waals surface area contributed by atoms with Gasteiger partial charge in [-0.15, -0.1) is 0 Å². The summed E-state index contributed by atoms with van der Waals surface area (Å²) in [7, 11) is 1.30. The van der Waals surface area contributed by atoms with E-state index in [1.54, 1.807) is 41.6 Å². The average molecular weight is 534 g/mol. The van der Waals surface area contributed by atoms with Crippen LogP contribution in [0.1, 0.15) is 54.1 Å². The van der Waals surface area contributed by atoms with Gasteiger partial charge in [0.1, 0.15) is 5.82 Å². The van der Waals surface area contributed by atoms with E-state index in [4.69, 9.17) is 0 Å². The summed E-state index contributed by atoms with van der Waals surface area (Å²) in [5.74, 6) is -0.871. The highest BCUT2D eigenvalue weighted by atomic mass is 19.1. The zero-order valence-corrected chi connectivity index (χ0v) is 22.5. The van der Waals surface area contributed by atoms with E-state index >= 15 is 4.39 Å². The number of alkyl carbamates (subject to hydrolysis) is 1. The van der Waals surface area contributed by atoms with Crippen LogP contribution in [0.3, 0.4) is 0 Å². The number of benzene rings is 2. The van der Waals surface area contributed by atoms with Crippen molar-refractivity contribution in [3.63, 3.8) is 0 Å². The SMILES string of the molecule is CCc1cccc(-c2c(F)cccc2[C@](O)(CCCNC(=O)OC)[C@@H]2CCCN(C(=O)c3ccncc3)C2)c1. The van der Waals surface area contributed by atoms with E-state index in [0.717, 1.165) is 12.0 Å². The number of hydrogen-bond donors (Lipinski definition) is 2. The van der Waals surface area contributed by atoms with Crippen molar-refractivity contribution in [1.82, 2.24) is 15.2 Å². The number of aliphatic hydroxyl groups is 1. The Morgan fingerprint density at radius 2 is 1.95 bits per heavy atom. The first-order valence-electron chi connectivity index (χ1n) is 13.5. The average Bonchev–Trinajstić information content (AvgIpc) is 2.99. The number of methoxy groups -OCH3 is 1. The smallest absolute Gasteiger partial charge is 0.406 e. The Hall–Kier alpha value is -3.78. The number of ether oxygens (including phenoxy) is 1. The van der Waals surface area contributed by atoms with Gasteiger partial charge >= 0.3 is 6.09 Å². The molecule has 0 bridgehead atoms. The molecule has 2 N–H and O–H groups in total. The molecule has 0 saturated carbocycles. The third-order valence-corrected chi connectivity index (χ3v) is 7.60. The van der Waals surface area contributed by atoms with E-state index in [1.807, 2.05) is 31.2 Å². The van der Waals surface area contributed by atoms with Gasteiger partial charge in [0, 0.05) is 49.1 Å². The molecule has 1 aliphatic rings. The van der Waals surface area contributed by atoms with Crippen LogP contribution in [0.4, 0.5) is 9.18 Å². The number of nitrogens with one attached hydrogen (secondary N) is 1. The zero-order chi connectivity index (χ0) is 27.8. The second-order valence-electron chi connectivity index (χ2n) is 9.99. The van der Waals surface area contributed by atoms with Crippen molar-refractivity contribution >= 4 is 12.0 Å². The van der Waals surface area contributed by atoms with Crippen LogP contribution >= 0.6 is 0 Å². The fraction of sp³-hybridized carbons (Fsp3) is 0.387. The van der Waals surface area contributed by atoms with Gasteiger partial charge in [0.25, 0.3) is 5.91 Å². The number of likely N-dealkylation sites (tertiary alicyclic amines) is 1. The first-order valence-corrected chi connectivity index (χ1v) is 13.5.